The molecule has 0 aromatic heterocycles. The maximum absolute atomic E-state index is 11.7. The van der Waals surface area contributed by atoms with Gasteiger partial charge in [0.15, 0.2) is 0 Å². The number of hydrogen-bond acceptors (Lipinski definition) is 3. The van der Waals surface area contributed by atoms with Crippen molar-refractivity contribution in [2.45, 2.75) is 31.9 Å². The van der Waals surface area contributed by atoms with Crippen LogP contribution in [0.5, 0.6) is 0 Å². The molecule has 16 heavy (non-hydrogen) atoms. The molecule has 0 aromatic carbocycles. The van der Waals surface area contributed by atoms with Crippen LogP contribution in [0.25, 0.3) is 0 Å². The Morgan fingerprint density at radius 3 is 2.81 bits per heavy atom. The van der Waals surface area contributed by atoms with Gasteiger partial charge in [-0.1, -0.05) is 6.08 Å². The Morgan fingerprint density at radius 2 is 2.38 bits per heavy atom. The number of hydrogen-bond donors (Lipinski definition) is 2. The van der Waals surface area contributed by atoms with E-state index in [2.05, 4.69) is 11.9 Å². The zero-order valence-electron chi connectivity index (χ0n) is 9.31. The Morgan fingerprint density at radius 1 is 1.69 bits per heavy atom. The van der Waals surface area contributed by atoms with Crippen molar-refractivity contribution in [2.75, 3.05) is 6.61 Å². The molecule has 1 fully saturated rings. The van der Waals surface area contributed by atoms with E-state index in [9.17, 15) is 9.59 Å². The van der Waals surface area contributed by atoms with Crippen LogP contribution in [0.15, 0.2) is 12.7 Å². The highest BCUT2D eigenvalue weighted by molar-refractivity contribution is 5.85. The van der Waals surface area contributed by atoms with Gasteiger partial charge in [0.1, 0.15) is 6.04 Å². The second kappa shape index (κ2) is 5.65. The molecule has 3 unspecified atom stereocenters. The van der Waals surface area contributed by atoms with Gasteiger partial charge in [0, 0.05) is 0 Å². The summed E-state index contributed by atoms with van der Waals surface area (Å²) < 4.78 is 5.26. The molecule has 1 saturated heterocycles. The van der Waals surface area contributed by atoms with Gasteiger partial charge >= 0.3 is 5.97 Å². The van der Waals surface area contributed by atoms with Crippen LogP contribution in [0, 0.1) is 5.92 Å². The summed E-state index contributed by atoms with van der Waals surface area (Å²) in [6, 6.07) is -0.888. The van der Waals surface area contributed by atoms with E-state index in [1.165, 1.54) is 6.08 Å². The average molecular weight is 227 g/mol. The van der Waals surface area contributed by atoms with Crippen LogP contribution >= 0.6 is 0 Å². The van der Waals surface area contributed by atoms with E-state index in [0.29, 0.717) is 13.0 Å². The van der Waals surface area contributed by atoms with Gasteiger partial charge in [-0.15, -0.1) is 6.58 Å². The molecule has 1 aliphatic heterocycles. The predicted octanol–water partition coefficient (Wildman–Crippen LogP) is 0.557. The molecule has 1 heterocycles. The van der Waals surface area contributed by atoms with Crippen LogP contribution in [0.1, 0.15) is 19.8 Å². The molecule has 0 spiro atoms. The van der Waals surface area contributed by atoms with Crippen molar-refractivity contribution >= 4 is 11.9 Å². The number of ether oxygens (including phenoxy) is 1. The van der Waals surface area contributed by atoms with Gasteiger partial charge in [-0.2, -0.15) is 0 Å². The normalized spacial score (nSPS) is 26.1. The molecular formula is C11H17NO4. The van der Waals surface area contributed by atoms with Crippen molar-refractivity contribution in [1.29, 1.82) is 0 Å². The first-order valence-corrected chi connectivity index (χ1v) is 5.30. The van der Waals surface area contributed by atoms with Crippen molar-refractivity contribution in [3.8, 4) is 0 Å². The lowest BCUT2D eigenvalue weighted by molar-refractivity contribution is -0.142. The number of nitrogens with one attached hydrogen (secondary N) is 1. The molecule has 2 N–H and O–H groups in total. The number of carbonyl (C=O) groups excluding carboxylic acids is 1. The van der Waals surface area contributed by atoms with Crippen molar-refractivity contribution in [1.82, 2.24) is 5.32 Å². The molecule has 90 valence electrons. The van der Waals surface area contributed by atoms with Gasteiger partial charge in [0.05, 0.1) is 18.6 Å². The minimum Gasteiger partial charge on any atom is -0.480 e. The van der Waals surface area contributed by atoms with E-state index in [1.807, 2.05) is 6.92 Å². The van der Waals surface area contributed by atoms with Crippen LogP contribution in [-0.2, 0) is 14.3 Å². The summed E-state index contributed by atoms with van der Waals surface area (Å²) in [7, 11) is 0. The van der Waals surface area contributed by atoms with Crippen molar-refractivity contribution in [3.05, 3.63) is 12.7 Å². The standard InChI is InChI=1S/C11H17NO4/c1-3-4-9(11(14)15)12-10(13)8-5-7(2)16-6-8/h3,7-9H,1,4-6H2,2H3,(H,12,13)(H,14,15). The monoisotopic (exact) mass is 227 g/mol. The maximum Gasteiger partial charge on any atom is 0.326 e. The summed E-state index contributed by atoms with van der Waals surface area (Å²) in [6.07, 6.45) is 2.42. The fraction of sp³-hybridized carbons (Fsp3) is 0.636. The van der Waals surface area contributed by atoms with Crippen molar-refractivity contribution in [3.63, 3.8) is 0 Å². The number of carboxylic acid groups (broad SMARTS) is 1. The summed E-state index contributed by atoms with van der Waals surface area (Å²) >= 11 is 0. The molecule has 1 amide bonds. The lowest BCUT2D eigenvalue weighted by atomic mass is 10.0. The predicted molar refractivity (Wildman–Crippen MR) is 57.9 cm³/mol. The molecule has 0 aliphatic carbocycles. The largest absolute Gasteiger partial charge is 0.480 e. The maximum atomic E-state index is 11.7. The van der Waals surface area contributed by atoms with Crippen LogP contribution in [0.2, 0.25) is 0 Å². The fourth-order valence-electron chi connectivity index (χ4n) is 1.68. The molecule has 0 saturated carbocycles. The van der Waals surface area contributed by atoms with E-state index < -0.39 is 12.0 Å². The Kier molecular flexibility index (Phi) is 4.49. The molecule has 0 bridgehead atoms. The first-order chi connectivity index (χ1) is 7.54. The van der Waals surface area contributed by atoms with E-state index in [-0.39, 0.29) is 24.3 Å². The van der Waals surface area contributed by atoms with E-state index in [1.54, 1.807) is 0 Å². The number of aliphatic carboxylic acids is 1. The van der Waals surface area contributed by atoms with Gasteiger partial charge < -0.3 is 15.2 Å². The summed E-state index contributed by atoms with van der Waals surface area (Å²) in [5, 5.41) is 11.3. The highest BCUT2D eigenvalue weighted by Gasteiger charge is 2.30. The van der Waals surface area contributed by atoms with Crippen molar-refractivity contribution < 1.29 is 19.4 Å². The van der Waals surface area contributed by atoms with Gasteiger partial charge in [0.2, 0.25) is 5.91 Å². The molecule has 1 aliphatic rings. The number of carbonyl (C=O) groups is 2. The molecule has 5 heteroatoms. The minimum absolute atomic E-state index is 0.0680. The Bertz CT molecular complexity index is 290. The second-order valence-corrected chi connectivity index (χ2v) is 4.00. The third kappa shape index (κ3) is 3.34. The highest BCUT2D eigenvalue weighted by Crippen LogP contribution is 2.19. The lowest BCUT2D eigenvalue weighted by Crippen LogP contribution is -2.43. The first-order valence-electron chi connectivity index (χ1n) is 5.30. The molecule has 5 nitrogen and oxygen atoms in total. The second-order valence-electron chi connectivity index (χ2n) is 4.00. The third-order valence-electron chi connectivity index (χ3n) is 2.59. The van der Waals surface area contributed by atoms with E-state index >= 15 is 0 Å². The molecule has 0 radical (unpaired) electrons. The molecule has 0 aromatic rings. The molecule has 3 atom stereocenters. The highest BCUT2D eigenvalue weighted by atomic mass is 16.5. The van der Waals surface area contributed by atoms with E-state index in [4.69, 9.17) is 9.84 Å². The minimum atomic E-state index is -1.04. The van der Waals surface area contributed by atoms with Gasteiger partial charge in [-0.05, 0) is 19.8 Å². The Labute approximate surface area is 94.5 Å². The molecule has 1 rings (SSSR count). The Hall–Kier alpha value is -1.36. The number of carboxylic acids is 1. The van der Waals surface area contributed by atoms with Crippen LogP contribution in [0.4, 0.5) is 0 Å². The SMILES string of the molecule is C=CCC(NC(=O)C1COC(C)C1)C(=O)O. The van der Waals surface area contributed by atoms with Gasteiger partial charge in [0.25, 0.3) is 0 Å². The number of rotatable bonds is 5. The zero-order chi connectivity index (χ0) is 12.1. The summed E-state index contributed by atoms with van der Waals surface area (Å²) in [4.78, 5) is 22.5. The van der Waals surface area contributed by atoms with Gasteiger partial charge in [-0.25, -0.2) is 4.79 Å². The summed E-state index contributed by atoms with van der Waals surface area (Å²) in [6.45, 7) is 5.72. The van der Waals surface area contributed by atoms with Crippen LogP contribution in [-0.4, -0.2) is 35.7 Å². The average Bonchev–Trinajstić information content (AvgIpc) is 2.64. The lowest BCUT2D eigenvalue weighted by Gasteiger charge is -2.15. The quantitative estimate of drug-likeness (QED) is 0.673. The first kappa shape index (κ1) is 12.7. The van der Waals surface area contributed by atoms with Crippen LogP contribution < -0.4 is 5.32 Å². The van der Waals surface area contributed by atoms with Crippen molar-refractivity contribution in [2.24, 2.45) is 5.92 Å². The summed E-state index contributed by atoms with van der Waals surface area (Å²) in [5.41, 5.74) is 0. The zero-order valence-corrected chi connectivity index (χ0v) is 9.31. The fourth-order valence-corrected chi connectivity index (χ4v) is 1.68. The third-order valence-corrected chi connectivity index (χ3v) is 2.59. The Balaban J connectivity index is 2.48. The smallest absolute Gasteiger partial charge is 0.326 e. The number of amides is 1. The molecular weight excluding hydrogens is 210 g/mol. The van der Waals surface area contributed by atoms with Crippen LogP contribution in [0.3, 0.4) is 0 Å². The van der Waals surface area contributed by atoms with E-state index in [0.717, 1.165) is 0 Å². The van der Waals surface area contributed by atoms with Gasteiger partial charge in [-0.3, -0.25) is 4.79 Å². The topological polar surface area (TPSA) is 75.6 Å². The summed E-state index contributed by atoms with van der Waals surface area (Å²) in [5.74, 6) is -1.53.